The van der Waals surface area contributed by atoms with Crippen LogP contribution in [0, 0.1) is 0 Å². The molecule has 0 aliphatic heterocycles. The Morgan fingerprint density at radius 1 is 1.39 bits per heavy atom. The number of hydrogen-bond acceptors (Lipinski definition) is 2. The zero-order valence-corrected chi connectivity index (χ0v) is 9.84. The van der Waals surface area contributed by atoms with Gasteiger partial charge in [-0.05, 0) is 18.1 Å². The fourth-order valence-electron chi connectivity index (χ4n) is 1.36. The monoisotopic (exact) mass is 261 g/mol. The Hall–Kier alpha value is -1.79. The molecule has 100 valence electrons. The third kappa shape index (κ3) is 5.03. The van der Waals surface area contributed by atoms with Crippen LogP contribution in [0.15, 0.2) is 18.3 Å². The lowest BCUT2D eigenvalue weighted by atomic mass is 10.1. The molecule has 4 nitrogen and oxygen atoms in total. The molecule has 0 saturated carbocycles. The van der Waals surface area contributed by atoms with Gasteiger partial charge in [-0.15, -0.1) is 0 Å². The number of carbonyl (C=O) groups is 1. The maximum atomic E-state index is 11.8. The standard InChI is InChI=1S/C11H14F3N3O/c1-2-8-4-3-5-15-9(8)6-16-10(18)17-7-11(12,13)14/h3-5H,2,6-7H2,1H3,(H2,16,17,18). The second-order valence-electron chi connectivity index (χ2n) is 3.61. The van der Waals surface area contributed by atoms with Gasteiger partial charge in [0.1, 0.15) is 6.54 Å². The average molecular weight is 261 g/mol. The van der Waals surface area contributed by atoms with E-state index in [1.807, 2.05) is 13.0 Å². The number of rotatable bonds is 4. The summed E-state index contributed by atoms with van der Waals surface area (Å²) >= 11 is 0. The Morgan fingerprint density at radius 2 is 2.11 bits per heavy atom. The van der Waals surface area contributed by atoms with Crippen molar-refractivity contribution in [2.24, 2.45) is 0 Å². The van der Waals surface area contributed by atoms with Gasteiger partial charge in [-0.25, -0.2) is 4.79 Å². The van der Waals surface area contributed by atoms with E-state index >= 15 is 0 Å². The molecule has 1 aromatic heterocycles. The van der Waals surface area contributed by atoms with Crippen LogP contribution in [0.4, 0.5) is 18.0 Å². The highest BCUT2D eigenvalue weighted by molar-refractivity contribution is 5.73. The van der Waals surface area contributed by atoms with E-state index in [2.05, 4.69) is 10.3 Å². The van der Waals surface area contributed by atoms with E-state index in [9.17, 15) is 18.0 Å². The molecule has 0 unspecified atom stereocenters. The molecule has 0 fully saturated rings. The lowest BCUT2D eigenvalue weighted by Crippen LogP contribution is -2.40. The van der Waals surface area contributed by atoms with Crippen LogP contribution in [0.2, 0.25) is 0 Å². The molecule has 0 radical (unpaired) electrons. The highest BCUT2D eigenvalue weighted by Gasteiger charge is 2.27. The Balaban J connectivity index is 2.43. The zero-order valence-electron chi connectivity index (χ0n) is 9.84. The van der Waals surface area contributed by atoms with Gasteiger partial charge < -0.3 is 10.6 Å². The van der Waals surface area contributed by atoms with Crippen LogP contribution in [0.3, 0.4) is 0 Å². The number of amides is 2. The average Bonchev–Trinajstić information content (AvgIpc) is 2.33. The molecule has 2 amide bonds. The summed E-state index contributed by atoms with van der Waals surface area (Å²) in [6.07, 6.45) is -2.09. The minimum atomic E-state index is -4.41. The van der Waals surface area contributed by atoms with E-state index < -0.39 is 18.8 Å². The molecule has 0 aliphatic carbocycles. The van der Waals surface area contributed by atoms with Gasteiger partial charge in [0, 0.05) is 6.20 Å². The molecule has 1 rings (SSSR count). The van der Waals surface area contributed by atoms with Crippen molar-refractivity contribution in [1.82, 2.24) is 15.6 Å². The number of alkyl halides is 3. The largest absolute Gasteiger partial charge is 0.405 e. The van der Waals surface area contributed by atoms with E-state index in [4.69, 9.17) is 0 Å². The summed E-state index contributed by atoms with van der Waals surface area (Å²) in [7, 11) is 0. The number of urea groups is 1. The van der Waals surface area contributed by atoms with Crippen LogP contribution < -0.4 is 10.6 Å². The maximum absolute atomic E-state index is 11.8. The van der Waals surface area contributed by atoms with E-state index in [0.717, 1.165) is 12.0 Å². The van der Waals surface area contributed by atoms with Crippen molar-refractivity contribution in [1.29, 1.82) is 0 Å². The molecule has 1 aromatic rings. The van der Waals surface area contributed by atoms with E-state index in [1.54, 1.807) is 17.6 Å². The second kappa shape index (κ2) is 6.23. The number of aromatic nitrogens is 1. The van der Waals surface area contributed by atoms with Gasteiger partial charge in [0.2, 0.25) is 0 Å². The smallest absolute Gasteiger partial charge is 0.332 e. The third-order valence-electron chi connectivity index (χ3n) is 2.23. The van der Waals surface area contributed by atoms with Crippen molar-refractivity contribution in [2.75, 3.05) is 6.54 Å². The van der Waals surface area contributed by atoms with Crippen molar-refractivity contribution in [3.05, 3.63) is 29.6 Å². The van der Waals surface area contributed by atoms with Crippen LogP contribution in [-0.4, -0.2) is 23.7 Å². The molecule has 0 saturated heterocycles. The lowest BCUT2D eigenvalue weighted by Gasteiger charge is -2.10. The normalized spacial score (nSPS) is 11.1. The highest BCUT2D eigenvalue weighted by Crippen LogP contribution is 2.12. The first-order valence-corrected chi connectivity index (χ1v) is 5.43. The molecule has 0 spiro atoms. The first-order valence-electron chi connectivity index (χ1n) is 5.43. The third-order valence-corrected chi connectivity index (χ3v) is 2.23. The van der Waals surface area contributed by atoms with E-state index in [0.29, 0.717) is 5.69 Å². The van der Waals surface area contributed by atoms with Gasteiger partial charge >= 0.3 is 12.2 Å². The van der Waals surface area contributed by atoms with Gasteiger partial charge in [-0.1, -0.05) is 13.0 Å². The van der Waals surface area contributed by atoms with Crippen molar-refractivity contribution < 1.29 is 18.0 Å². The fourth-order valence-corrected chi connectivity index (χ4v) is 1.36. The van der Waals surface area contributed by atoms with Gasteiger partial charge in [0.05, 0.1) is 12.2 Å². The predicted molar refractivity (Wildman–Crippen MR) is 59.9 cm³/mol. The minimum absolute atomic E-state index is 0.105. The Morgan fingerprint density at radius 3 is 2.72 bits per heavy atom. The maximum Gasteiger partial charge on any atom is 0.405 e. The summed E-state index contributed by atoms with van der Waals surface area (Å²) in [5.74, 6) is 0. The molecule has 1 heterocycles. The molecular formula is C11H14F3N3O. The molecule has 0 bridgehead atoms. The SMILES string of the molecule is CCc1cccnc1CNC(=O)NCC(F)(F)F. The van der Waals surface area contributed by atoms with Gasteiger partial charge in [0.25, 0.3) is 0 Å². The number of hydrogen-bond donors (Lipinski definition) is 2. The van der Waals surface area contributed by atoms with Gasteiger partial charge in [-0.2, -0.15) is 13.2 Å². The predicted octanol–water partition coefficient (Wildman–Crippen LogP) is 2.01. The van der Waals surface area contributed by atoms with Crippen molar-refractivity contribution in [2.45, 2.75) is 26.1 Å². The van der Waals surface area contributed by atoms with Crippen LogP contribution in [0.5, 0.6) is 0 Å². The summed E-state index contributed by atoms with van der Waals surface area (Å²) in [5.41, 5.74) is 1.61. The summed E-state index contributed by atoms with van der Waals surface area (Å²) in [6, 6.07) is 2.77. The number of carbonyl (C=O) groups excluding carboxylic acids is 1. The van der Waals surface area contributed by atoms with Crippen LogP contribution in [0.1, 0.15) is 18.2 Å². The Bertz CT molecular complexity index is 407. The molecule has 0 aliphatic rings. The first-order chi connectivity index (χ1) is 8.42. The van der Waals surface area contributed by atoms with Crippen LogP contribution in [0.25, 0.3) is 0 Å². The summed E-state index contributed by atoms with van der Waals surface area (Å²) in [5, 5.41) is 4.06. The number of nitrogens with zero attached hydrogens (tertiary/aromatic N) is 1. The van der Waals surface area contributed by atoms with Gasteiger partial charge in [-0.3, -0.25) is 4.98 Å². The molecule has 0 atom stereocenters. The Kier molecular flexibility index (Phi) is 4.94. The number of halogens is 3. The summed E-state index contributed by atoms with van der Waals surface area (Å²) < 4.78 is 35.5. The van der Waals surface area contributed by atoms with E-state index in [-0.39, 0.29) is 6.54 Å². The zero-order chi connectivity index (χ0) is 13.6. The molecule has 0 aromatic carbocycles. The molecule has 2 N–H and O–H groups in total. The number of nitrogens with one attached hydrogen (secondary N) is 2. The quantitative estimate of drug-likeness (QED) is 0.871. The summed E-state index contributed by atoms with van der Waals surface area (Å²) in [4.78, 5) is 15.2. The molecule has 18 heavy (non-hydrogen) atoms. The first kappa shape index (κ1) is 14.3. The summed E-state index contributed by atoms with van der Waals surface area (Å²) in [6.45, 7) is 0.694. The lowest BCUT2D eigenvalue weighted by molar-refractivity contribution is -0.122. The van der Waals surface area contributed by atoms with Crippen molar-refractivity contribution in [3.8, 4) is 0 Å². The highest BCUT2D eigenvalue weighted by atomic mass is 19.4. The van der Waals surface area contributed by atoms with Gasteiger partial charge in [0.15, 0.2) is 0 Å². The number of pyridine rings is 1. The van der Waals surface area contributed by atoms with Crippen LogP contribution >= 0.6 is 0 Å². The molecule has 7 heteroatoms. The molecular weight excluding hydrogens is 247 g/mol. The topological polar surface area (TPSA) is 54.0 Å². The van der Waals surface area contributed by atoms with Crippen LogP contribution in [-0.2, 0) is 13.0 Å². The van der Waals surface area contributed by atoms with Crippen molar-refractivity contribution in [3.63, 3.8) is 0 Å². The number of aryl methyl sites for hydroxylation is 1. The minimum Gasteiger partial charge on any atom is -0.332 e. The second-order valence-corrected chi connectivity index (χ2v) is 3.61. The Labute approximate surface area is 103 Å². The fraction of sp³-hybridized carbons (Fsp3) is 0.455. The van der Waals surface area contributed by atoms with Crippen molar-refractivity contribution >= 4 is 6.03 Å². The van der Waals surface area contributed by atoms with E-state index in [1.165, 1.54) is 0 Å².